The number of carbonyl (C=O) groups is 1. The molecule has 4 aliphatic rings. The van der Waals surface area contributed by atoms with E-state index in [-0.39, 0.29) is 11.5 Å². The van der Waals surface area contributed by atoms with Crippen molar-refractivity contribution in [3.8, 4) is 0 Å². The summed E-state index contributed by atoms with van der Waals surface area (Å²) in [6.45, 7) is 16.6. The zero-order chi connectivity index (χ0) is 32.2. The van der Waals surface area contributed by atoms with Crippen molar-refractivity contribution in [2.24, 2.45) is 51.5 Å². The molecule has 0 bridgehead atoms. The molecule has 8 atom stereocenters. The number of unbranched alkanes of at least 4 members (excludes halogenated alkanes) is 2. The molecule has 3 fully saturated rings. The van der Waals surface area contributed by atoms with E-state index in [1.165, 1.54) is 81.8 Å². The third kappa shape index (κ3) is 7.57. The van der Waals surface area contributed by atoms with E-state index >= 15 is 0 Å². The fourth-order valence-electron chi connectivity index (χ4n) is 10.6. The van der Waals surface area contributed by atoms with Crippen LogP contribution < -0.4 is 0 Å². The largest absolute Gasteiger partial charge is 0.535 e. The van der Waals surface area contributed by atoms with Gasteiger partial charge in [-0.15, -0.1) is 0 Å². The maximum Gasteiger partial charge on any atom is 0.535 e. The van der Waals surface area contributed by atoms with Gasteiger partial charge in [-0.3, -0.25) is 4.84 Å². The smallest absolute Gasteiger partial charge is 0.429 e. The normalized spacial score (nSPS) is 33.6. The molecule has 0 aliphatic heterocycles. The lowest BCUT2D eigenvalue weighted by molar-refractivity contribution is -0.0616. The molecule has 1 aromatic rings. The highest BCUT2D eigenvalue weighted by molar-refractivity contribution is 5.98. The summed E-state index contributed by atoms with van der Waals surface area (Å²) in [6, 6.07) is 8.43. The lowest BCUT2D eigenvalue weighted by atomic mass is 9.47. The molecule has 4 aliphatic carbocycles. The van der Waals surface area contributed by atoms with Crippen molar-refractivity contribution >= 4 is 11.9 Å². The monoisotopic (exact) mass is 617 g/mol. The van der Waals surface area contributed by atoms with Gasteiger partial charge in [0.15, 0.2) is 0 Å². The predicted octanol–water partition coefficient (Wildman–Crippen LogP) is 11.7. The first-order valence-corrected chi connectivity index (χ1v) is 18.8. The first kappa shape index (κ1) is 34.2. The van der Waals surface area contributed by atoms with Gasteiger partial charge in [0.2, 0.25) is 0 Å². The van der Waals surface area contributed by atoms with E-state index < -0.39 is 6.16 Å². The molecule has 0 N–H and O–H groups in total. The molecule has 250 valence electrons. The van der Waals surface area contributed by atoms with Gasteiger partial charge in [-0.2, -0.15) is 0 Å². The summed E-state index contributed by atoms with van der Waals surface area (Å²) < 4.78 is 5.85. The van der Waals surface area contributed by atoms with Crippen LogP contribution in [-0.4, -0.2) is 18.0 Å². The van der Waals surface area contributed by atoms with Crippen molar-refractivity contribution in [1.29, 1.82) is 0 Å². The van der Waals surface area contributed by atoms with Crippen molar-refractivity contribution in [3.05, 3.63) is 47.0 Å². The average Bonchev–Trinajstić information content (AvgIpc) is 3.37. The molecule has 4 nitrogen and oxygen atoms in total. The number of allylic oxidation sites excluding steroid dienone is 1. The molecule has 4 heteroatoms. The minimum atomic E-state index is -0.679. The molecular formula is C41H63NO3. The SMILES string of the molecule is CCCCCc1ccc(/C(C)=N\OC(=O)O[C@H]2CC[C@@]3(C)C(=CC[C@H]4[C@@H]5CC[C@H]([C@H](C)CCCC(C)C)[C@@]5(C)CC[C@@H]43)C2)cc1. The molecule has 0 radical (unpaired) electrons. The first-order chi connectivity index (χ1) is 21.5. The standard InChI is InChI=1S/C41H63NO3/c1-8-9-10-14-31-15-17-32(18-16-31)30(5)42-45-39(43)44-34-23-25-40(6)33(27-34)19-20-35-37-22-21-36(29(4)13-11-12-28(2)3)41(37,7)26-24-38(35)40/h15-19,28-29,34-38H,8-14,20-27H2,1-7H3/b42-30-/t29-,34+,35+,36-,37+,38+,40+,41-/m1/s1. The zero-order valence-corrected chi connectivity index (χ0v) is 29.7. The number of fused-ring (bicyclic) bond motifs is 5. The number of nitrogens with zero attached hydrogens (tertiary/aromatic N) is 1. The number of hydrogen-bond acceptors (Lipinski definition) is 4. The van der Waals surface area contributed by atoms with Crippen LogP contribution >= 0.6 is 0 Å². The third-order valence-electron chi connectivity index (χ3n) is 13.2. The molecule has 0 spiro atoms. The van der Waals surface area contributed by atoms with E-state index in [4.69, 9.17) is 9.57 Å². The second kappa shape index (κ2) is 14.8. The average molecular weight is 618 g/mol. The van der Waals surface area contributed by atoms with Crippen LogP contribution in [0.1, 0.15) is 149 Å². The van der Waals surface area contributed by atoms with Crippen LogP contribution in [0, 0.1) is 46.3 Å². The Labute approximate surface area is 275 Å². The number of ether oxygens (including phenoxy) is 1. The van der Waals surface area contributed by atoms with E-state index in [9.17, 15) is 4.79 Å². The van der Waals surface area contributed by atoms with Crippen LogP contribution in [0.3, 0.4) is 0 Å². The van der Waals surface area contributed by atoms with Crippen LogP contribution in [-0.2, 0) is 16.0 Å². The van der Waals surface area contributed by atoms with Gasteiger partial charge in [0.05, 0.1) is 5.71 Å². The second-order valence-electron chi connectivity index (χ2n) is 16.4. The molecular weight excluding hydrogens is 554 g/mol. The summed E-state index contributed by atoms with van der Waals surface area (Å²) in [5, 5.41) is 4.12. The number of oxime groups is 1. The van der Waals surface area contributed by atoms with Gasteiger partial charge in [0.1, 0.15) is 6.10 Å². The minimum Gasteiger partial charge on any atom is -0.429 e. The van der Waals surface area contributed by atoms with Gasteiger partial charge in [0.25, 0.3) is 0 Å². The summed E-state index contributed by atoms with van der Waals surface area (Å²) in [4.78, 5) is 17.9. The zero-order valence-electron chi connectivity index (χ0n) is 29.7. The van der Waals surface area contributed by atoms with Crippen molar-refractivity contribution in [1.82, 2.24) is 0 Å². The van der Waals surface area contributed by atoms with Crippen LogP contribution in [0.5, 0.6) is 0 Å². The van der Waals surface area contributed by atoms with Gasteiger partial charge in [-0.25, -0.2) is 4.79 Å². The number of hydrogen-bond donors (Lipinski definition) is 0. The quantitative estimate of drug-likeness (QED) is 0.0585. The predicted molar refractivity (Wildman–Crippen MR) is 186 cm³/mol. The second-order valence-corrected chi connectivity index (χ2v) is 16.4. The Kier molecular flexibility index (Phi) is 11.2. The van der Waals surface area contributed by atoms with E-state index in [1.807, 2.05) is 6.92 Å². The highest BCUT2D eigenvalue weighted by atomic mass is 16.8. The maximum absolute atomic E-state index is 12.7. The van der Waals surface area contributed by atoms with Crippen molar-refractivity contribution in [2.45, 2.75) is 151 Å². The van der Waals surface area contributed by atoms with Crippen molar-refractivity contribution < 1.29 is 14.4 Å². The number of carbonyl (C=O) groups excluding carboxylic acids is 1. The van der Waals surface area contributed by atoms with Crippen LogP contribution in [0.15, 0.2) is 41.1 Å². The lowest BCUT2D eigenvalue weighted by Gasteiger charge is -2.58. The number of benzene rings is 1. The molecule has 45 heavy (non-hydrogen) atoms. The molecule has 0 amide bonds. The summed E-state index contributed by atoms with van der Waals surface area (Å²) in [5.41, 5.74) is 5.28. The highest BCUT2D eigenvalue weighted by Crippen LogP contribution is 2.67. The Morgan fingerprint density at radius 2 is 1.73 bits per heavy atom. The third-order valence-corrected chi connectivity index (χ3v) is 13.2. The Hall–Kier alpha value is -2.10. The number of rotatable bonds is 12. The number of aryl methyl sites for hydroxylation is 1. The summed E-state index contributed by atoms with van der Waals surface area (Å²) in [5.74, 6) is 5.01. The maximum atomic E-state index is 12.7. The lowest BCUT2D eigenvalue weighted by Crippen LogP contribution is -2.51. The molecule has 0 heterocycles. The Morgan fingerprint density at radius 3 is 2.47 bits per heavy atom. The van der Waals surface area contributed by atoms with Gasteiger partial charge in [0, 0.05) is 6.42 Å². The van der Waals surface area contributed by atoms with Crippen molar-refractivity contribution in [2.75, 3.05) is 0 Å². The molecule has 0 unspecified atom stereocenters. The molecule has 5 rings (SSSR count). The Balaban J connectivity index is 1.14. The first-order valence-electron chi connectivity index (χ1n) is 18.8. The molecule has 3 saturated carbocycles. The van der Waals surface area contributed by atoms with Gasteiger partial charge < -0.3 is 4.74 Å². The summed E-state index contributed by atoms with van der Waals surface area (Å²) >= 11 is 0. The highest BCUT2D eigenvalue weighted by Gasteiger charge is 2.59. The topological polar surface area (TPSA) is 47.9 Å². The van der Waals surface area contributed by atoms with E-state index in [1.54, 1.807) is 0 Å². The summed E-state index contributed by atoms with van der Waals surface area (Å²) in [6.07, 6.45) is 20.4. The van der Waals surface area contributed by atoms with Gasteiger partial charge in [-0.05, 0) is 122 Å². The van der Waals surface area contributed by atoms with Crippen molar-refractivity contribution in [3.63, 3.8) is 0 Å². The minimum absolute atomic E-state index is 0.123. The fourth-order valence-corrected chi connectivity index (χ4v) is 10.6. The molecule has 0 aromatic heterocycles. The van der Waals surface area contributed by atoms with E-state index in [2.05, 4.69) is 77.0 Å². The van der Waals surface area contributed by atoms with Crippen LogP contribution in [0.25, 0.3) is 0 Å². The molecule has 0 saturated heterocycles. The summed E-state index contributed by atoms with van der Waals surface area (Å²) in [7, 11) is 0. The van der Waals surface area contributed by atoms with Crippen LogP contribution in [0.2, 0.25) is 0 Å². The van der Waals surface area contributed by atoms with Gasteiger partial charge >= 0.3 is 6.16 Å². The van der Waals surface area contributed by atoms with E-state index in [0.29, 0.717) is 11.1 Å². The Morgan fingerprint density at radius 1 is 0.956 bits per heavy atom. The molecule has 1 aromatic carbocycles. The Bertz CT molecular complexity index is 1200. The fraction of sp³-hybridized carbons (Fsp3) is 0.756. The van der Waals surface area contributed by atoms with Crippen LogP contribution in [0.4, 0.5) is 4.79 Å². The van der Waals surface area contributed by atoms with Gasteiger partial charge in [-0.1, -0.05) is 115 Å². The van der Waals surface area contributed by atoms with E-state index in [0.717, 1.165) is 66.8 Å².